The Bertz CT molecular complexity index is 1030. The first kappa shape index (κ1) is 31.5. The van der Waals surface area contributed by atoms with E-state index in [2.05, 4.69) is 41.5 Å². The van der Waals surface area contributed by atoms with Crippen LogP contribution in [0.4, 0.5) is 0 Å². The van der Waals surface area contributed by atoms with Gasteiger partial charge in [-0.05, 0) is 121 Å². The third-order valence-corrected chi connectivity index (χ3v) is 15.0. The molecule has 0 radical (unpaired) electrons. The number of fused-ring (bicyclic) bond motifs is 2. The van der Waals surface area contributed by atoms with E-state index in [1.807, 2.05) is 0 Å². The number of hydrogen-bond acceptors (Lipinski definition) is 6. The highest BCUT2D eigenvalue weighted by Gasteiger charge is 2.81. The van der Waals surface area contributed by atoms with E-state index in [1.54, 1.807) is 0 Å². The molecule has 1 heterocycles. The van der Waals surface area contributed by atoms with Gasteiger partial charge >= 0.3 is 0 Å². The summed E-state index contributed by atoms with van der Waals surface area (Å²) in [6.07, 6.45) is 7.80. The lowest BCUT2D eigenvalue weighted by Gasteiger charge is -2.62. The standard InChI is InChI=1S/C36H60O6/c1-20(2)8-9-21(3)22(4)24-12-14-34(7)28-11-10-25-23(5)26(41-32-31(40)30(39)29(38)27(18-37)42-32)13-15-35(25)19-36(28,35)17-16-33(24,34)6/h20-21,23-32,37-40H,4,8-19H2,1-3,5-7H3/t21-,23+,24-,25-,26+,27+,28+,29+,30+,31+,32+,33-,34-,35-,36+/m1/s1. The molecule has 0 amide bonds. The summed E-state index contributed by atoms with van der Waals surface area (Å²) < 4.78 is 12.1. The van der Waals surface area contributed by atoms with E-state index < -0.39 is 37.3 Å². The molecular weight excluding hydrogens is 528 g/mol. The first-order valence-corrected chi connectivity index (χ1v) is 17.4. The van der Waals surface area contributed by atoms with Gasteiger partial charge < -0.3 is 29.9 Å². The Morgan fingerprint density at radius 2 is 1.62 bits per heavy atom. The van der Waals surface area contributed by atoms with Crippen LogP contribution in [0.1, 0.15) is 112 Å². The average molecular weight is 589 g/mol. The third kappa shape index (κ3) is 4.31. The molecule has 1 saturated heterocycles. The Hall–Kier alpha value is -0.500. The van der Waals surface area contributed by atoms with Crippen LogP contribution in [-0.4, -0.2) is 63.8 Å². The largest absolute Gasteiger partial charge is 0.394 e. The lowest BCUT2D eigenvalue weighted by Crippen LogP contribution is -2.60. The van der Waals surface area contributed by atoms with Gasteiger partial charge in [0.05, 0.1) is 12.7 Å². The van der Waals surface area contributed by atoms with Crippen LogP contribution in [-0.2, 0) is 9.47 Å². The van der Waals surface area contributed by atoms with Crippen LogP contribution in [0, 0.1) is 57.2 Å². The van der Waals surface area contributed by atoms with E-state index in [1.165, 1.54) is 63.4 Å². The fourth-order valence-electron chi connectivity index (χ4n) is 12.3. The van der Waals surface area contributed by atoms with E-state index in [0.29, 0.717) is 45.3 Å². The molecule has 0 bridgehead atoms. The van der Waals surface area contributed by atoms with Gasteiger partial charge in [-0.3, -0.25) is 0 Å². The van der Waals surface area contributed by atoms with Crippen molar-refractivity contribution < 1.29 is 29.9 Å². The number of hydrogen-bond donors (Lipinski definition) is 4. The first-order chi connectivity index (χ1) is 19.8. The Morgan fingerprint density at radius 1 is 0.881 bits per heavy atom. The second-order valence-electron chi connectivity index (χ2n) is 16.9. The molecule has 5 aliphatic carbocycles. The SMILES string of the molecule is C=C([C@H](C)CCC(C)C)[C@H]1CC[C@]2(C)[C@@H]3CC[C@@H]4[C@H](C)[C@@H](O[C@H]5O[C@@H](CO)[C@H](O)[C@H](O)[C@@H]5O)CC[C@@]45C[C@@]35CC[C@]12C. The van der Waals surface area contributed by atoms with Crippen LogP contribution in [0.15, 0.2) is 12.2 Å². The summed E-state index contributed by atoms with van der Waals surface area (Å²) in [6.45, 7) is 19.1. The molecular formula is C36H60O6. The Kier molecular flexibility index (Phi) is 8.09. The van der Waals surface area contributed by atoms with Gasteiger partial charge in [-0.2, -0.15) is 0 Å². The topological polar surface area (TPSA) is 99.4 Å². The summed E-state index contributed by atoms with van der Waals surface area (Å²) in [5, 5.41) is 40.8. The highest BCUT2D eigenvalue weighted by atomic mass is 16.7. The number of allylic oxidation sites excluding steroid dienone is 1. The van der Waals surface area contributed by atoms with Crippen LogP contribution in [0.3, 0.4) is 0 Å². The maximum Gasteiger partial charge on any atom is 0.186 e. The predicted molar refractivity (Wildman–Crippen MR) is 163 cm³/mol. The zero-order chi connectivity index (χ0) is 30.4. The van der Waals surface area contributed by atoms with Gasteiger partial charge in [-0.15, -0.1) is 0 Å². The molecule has 0 unspecified atom stereocenters. The number of aliphatic hydroxyl groups excluding tert-OH is 4. The quantitative estimate of drug-likeness (QED) is 0.210. The monoisotopic (exact) mass is 588 g/mol. The smallest absolute Gasteiger partial charge is 0.186 e. The van der Waals surface area contributed by atoms with Crippen molar-refractivity contribution in [3.05, 3.63) is 12.2 Å². The molecule has 240 valence electrons. The van der Waals surface area contributed by atoms with Crippen molar-refractivity contribution in [2.75, 3.05) is 6.61 Å². The minimum Gasteiger partial charge on any atom is -0.394 e. The van der Waals surface area contributed by atoms with Crippen molar-refractivity contribution in [1.82, 2.24) is 0 Å². The summed E-state index contributed by atoms with van der Waals surface area (Å²) in [5.41, 5.74) is 3.13. The Morgan fingerprint density at radius 3 is 2.31 bits per heavy atom. The molecule has 42 heavy (non-hydrogen) atoms. The highest BCUT2D eigenvalue weighted by Crippen LogP contribution is 2.88. The molecule has 6 fully saturated rings. The second-order valence-corrected chi connectivity index (χ2v) is 16.9. The van der Waals surface area contributed by atoms with E-state index in [9.17, 15) is 20.4 Å². The highest BCUT2D eigenvalue weighted by molar-refractivity contribution is 5.31. The number of ether oxygens (including phenoxy) is 2. The molecule has 2 spiro atoms. The van der Waals surface area contributed by atoms with Gasteiger partial charge in [0.2, 0.25) is 0 Å². The van der Waals surface area contributed by atoms with E-state index in [0.717, 1.165) is 24.7 Å². The summed E-state index contributed by atoms with van der Waals surface area (Å²) in [4.78, 5) is 0. The molecule has 0 aromatic rings. The van der Waals surface area contributed by atoms with Crippen LogP contribution in [0.2, 0.25) is 0 Å². The third-order valence-electron chi connectivity index (χ3n) is 15.0. The molecule has 6 nitrogen and oxygen atoms in total. The van der Waals surface area contributed by atoms with Gasteiger partial charge in [-0.1, -0.05) is 60.1 Å². The molecule has 0 aromatic carbocycles. The summed E-state index contributed by atoms with van der Waals surface area (Å²) in [7, 11) is 0. The lowest BCUT2D eigenvalue weighted by molar-refractivity contribution is -0.319. The van der Waals surface area contributed by atoms with Crippen LogP contribution >= 0.6 is 0 Å². The van der Waals surface area contributed by atoms with Gasteiger partial charge in [0.15, 0.2) is 6.29 Å². The van der Waals surface area contributed by atoms with Gasteiger partial charge in [0.25, 0.3) is 0 Å². The Balaban J connectivity index is 1.16. The van der Waals surface area contributed by atoms with Gasteiger partial charge in [0, 0.05) is 0 Å². The fraction of sp³-hybridized carbons (Fsp3) is 0.944. The molecule has 4 N–H and O–H groups in total. The summed E-state index contributed by atoms with van der Waals surface area (Å²) >= 11 is 0. The predicted octanol–water partition coefficient (Wildman–Crippen LogP) is 5.85. The lowest BCUT2D eigenvalue weighted by atomic mass is 9.43. The maximum absolute atomic E-state index is 10.6. The summed E-state index contributed by atoms with van der Waals surface area (Å²) in [6, 6.07) is 0. The molecule has 15 atom stereocenters. The van der Waals surface area contributed by atoms with Crippen LogP contribution < -0.4 is 0 Å². The maximum atomic E-state index is 10.6. The number of rotatable bonds is 8. The Labute approximate surface area is 254 Å². The fourth-order valence-corrected chi connectivity index (χ4v) is 12.3. The first-order valence-electron chi connectivity index (χ1n) is 17.4. The van der Waals surface area contributed by atoms with Gasteiger partial charge in [-0.25, -0.2) is 0 Å². The van der Waals surface area contributed by atoms with Crippen LogP contribution in [0.5, 0.6) is 0 Å². The normalized spacial score (nSPS) is 54.0. The molecule has 1 aliphatic heterocycles. The molecule has 6 aliphatic rings. The van der Waals surface area contributed by atoms with E-state index >= 15 is 0 Å². The summed E-state index contributed by atoms with van der Waals surface area (Å²) in [5.74, 6) is 3.74. The molecule has 6 rings (SSSR count). The minimum atomic E-state index is -1.39. The van der Waals surface area contributed by atoms with Crippen molar-refractivity contribution in [3.63, 3.8) is 0 Å². The van der Waals surface area contributed by atoms with Crippen molar-refractivity contribution >= 4 is 0 Å². The number of aliphatic hydroxyl groups is 4. The van der Waals surface area contributed by atoms with E-state index in [-0.39, 0.29) is 6.10 Å². The van der Waals surface area contributed by atoms with Crippen LogP contribution in [0.25, 0.3) is 0 Å². The zero-order valence-electron chi connectivity index (χ0n) is 27.2. The molecule has 5 saturated carbocycles. The minimum absolute atomic E-state index is 0.0628. The van der Waals surface area contributed by atoms with E-state index in [4.69, 9.17) is 16.1 Å². The van der Waals surface area contributed by atoms with Crippen molar-refractivity contribution in [1.29, 1.82) is 0 Å². The van der Waals surface area contributed by atoms with Crippen molar-refractivity contribution in [2.24, 2.45) is 57.2 Å². The van der Waals surface area contributed by atoms with Crippen molar-refractivity contribution in [3.8, 4) is 0 Å². The average Bonchev–Trinajstić information content (AvgIpc) is 3.54. The van der Waals surface area contributed by atoms with Gasteiger partial charge in [0.1, 0.15) is 24.4 Å². The molecule has 6 heteroatoms. The molecule has 0 aromatic heterocycles. The zero-order valence-corrected chi connectivity index (χ0v) is 27.2. The van der Waals surface area contributed by atoms with Crippen molar-refractivity contribution in [2.45, 2.75) is 149 Å². The second kappa shape index (κ2) is 10.8.